The Bertz CT molecular complexity index is 474. The van der Waals surface area contributed by atoms with Crippen molar-refractivity contribution in [3.05, 3.63) is 35.4 Å². The number of carbonyl (C=O) groups is 1. The van der Waals surface area contributed by atoms with Gasteiger partial charge in [-0.25, -0.2) is 0 Å². The van der Waals surface area contributed by atoms with Gasteiger partial charge in [-0.2, -0.15) is 0 Å². The summed E-state index contributed by atoms with van der Waals surface area (Å²) in [5.74, 6) is 0.205. The van der Waals surface area contributed by atoms with Crippen LogP contribution in [0.4, 0.5) is 0 Å². The first kappa shape index (κ1) is 19.0. The molecule has 1 atom stereocenters. The van der Waals surface area contributed by atoms with Crippen molar-refractivity contribution in [1.82, 2.24) is 0 Å². The average molecular weight is 332 g/mol. The second-order valence-electron chi connectivity index (χ2n) is 6.80. The zero-order chi connectivity index (χ0) is 17.2. The average Bonchev–Trinajstić information content (AvgIpc) is 2.64. The standard InChI is InChI=1S/C21H32O3/c1-3-14-23-16-20(21(22)24-15-4-2)19-12-10-18(11-13-19)17-8-6-5-7-9-17/h10-13,17,20H,3-9,14-16H2,1-2H3. The predicted octanol–water partition coefficient (Wildman–Crippen LogP) is 5.20. The highest BCUT2D eigenvalue weighted by Crippen LogP contribution is 2.33. The van der Waals surface area contributed by atoms with Gasteiger partial charge >= 0.3 is 5.97 Å². The number of hydrogen-bond donors (Lipinski definition) is 0. The molecule has 0 aromatic heterocycles. The maximum Gasteiger partial charge on any atom is 0.315 e. The highest BCUT2D eigenvalue weighted by atomic mass is 16.5. The van der Waals surface area contributed by atoms with Crippen LogP contribution in [0.3, 0.4) is 0 Å². The summed E-state index contributed by atoms with van der Waals surface area (Å²) < 4.78 is 11.0. The number of esters is 1. The molecule has 134 valence electrons. The molecule has 0 saturated heterocycles. The van der Waals surface area contributed by atoms with Crippen molar-refractivity contribution in [2.24, 2.45) is 0 Å². The van der Waals surface area contributed by atoms with E-state index in [0.717, 1.165) is 18.4 Å². The van der Waals surface area contributed by atoms with Crippen LogP contribution in [-0.2, 0) is 14.3 Å². The molecule has 1 aliphatic rings. The van der Waals surface area contributed by atoms with Gasteiger partial charge in [0, 0.05) is 6.61 Å². The fraction of sp³-hybridized carbons (Fsp3) is 0.667. The van der Waals surface area contributed by atoms with Gasteiger partial charge in [-0.3, -0.25) is 4.79 Å². The number of benzene rings is 1. The van der Waals surface area contributed by atoms with Crippen LogP contribution in [0.1, 0.15) is 81.8 Å². The summed E-state index contributed by atoms with van der Waals surface area (Å²) in [6.07, 6.45) is 8.43. The lowest BCUT2D eigenvalue weighted by molar-refractivity contribution is -0.147. The Kier molecular flexibility index (Phi) is 8.31. The van der Waals surface area contributed by atoms with E-state index in [-0.39, 0.29) is 11.9 Å². The summed E-state index contributed by atoms with van der Waals surface area (Å²) in [6, 6.07) is 8.59. The molecule has 1 aromatic carbocycles. The van der Waals surface area contributed by atoms with Gasteiger partial charge in [0.1, 0.15) is 5.92 Å². The lowest BCUT2D eigenvalue weighted by Gasteiger charge is -2.23. The van der Waals surface area contributed by atoms with Crippen molar-refractivity contribution in [1.29, 1.82) is 0 Å². The van der Waals surface area contributed by atoms with Gasteiger partial charge in [0.15, 0.2) is 0 Å². The van der Waals surface area contributed by atoms with E-state index in [0.29, 0.717) is 25.7 Å². The highest BCUT2D eigenvalue weighted by Gasteiger charge is 2.23. The Labute approximate surface area is 146 Å². The molecule has 1 fully saturated rings. The van der Waals surface area contributed by atoms with E-state index in [9.17, 15) is 4.79 Å². The molecule has 0 spiro atoms. The van der Waals surface area contributed by atoms with Gasteiger partial charge in [-0.15, -0.1) is 0 Å². The Morgan fingerprint density at radius 1 is 1.04 bits per heavy atom. The van der Waals surface area contributed by atoms with Crippen LogP contribution in [0.5, 0.6) is 0 Å². The molecule has 0 aliphatic heterocycles. The van der Waals surface area contributed by atoms with E-state index < -0.39 is 0 Å². The Morgan fingerprint density at radius 3 is 2.33 bits per heavy atom. The molecule has 0 bridgehead atoms. The fourth-order valence-electron chi connectivity index (χ4n) is 3.39. The molecule has 2 rings (SSSR count). The minimum Gasteiger partial charge on any atom is -0.465 e. The van der Waals surface area contributed by atoms with Gasteiger partial charge in [0.05, 0.1) is 13.2 Å². The fourth-order valence-corrected chi connectivity index (χ4v) is 3.39. The minimum atomic E-state index is -0.316. The van der Waals surface area contributed by atoms with Gasteiger partial charge in [-0.05, 0) is 42.7 Å². The molecule has 1 saturated carbocycles. The van der Waals surface area contributed by atoms with Crippen molar-refractivity contribution in [2.75, 3.05) is 19.8 Å². The van der Waals surface area contributed by atoms with Gasteiger partial charge in [-0.1, -0.05) is 57.4 Å². The molecule has 0 amide bonds. The molecule has 0 radical (unpaired) electrons. The lowest BCUT2D eigenvalue weighted by Crippen LogP contribution is -2.21. The first-order valence-corrected chi connectivity index (χ1v) is 9.60. The van der Waals surface area contributed by atoms with Crippen molar-refractivity contribution >= 4 is 5.97 Å². The second kappa shape index (κ2) is 10.5. The molecule has 0 N–H and O–H groups in total. The molecular formula is C21H32O3. The Hall–Kier alpha value is -1.35. The third-order valence-electron chi connectivity index (χ3n) is 4.78. The molecule has 3 nitrogen and oxygen atoms in total. The van der Waals surface area contributed by atoms with E-state index in [1.54, 1.807) is 0 Å². The van der Waals surface area contributed by atoms with E-state index in [1.807, 2.05) is 6.92 Å². The molecule has 1 aromatic rings. The largest absolute Gasteiger partial charge is 0.465 e. The van der Waals surface area contributed by atoms with E-state index in [1.165, 1.54) is 37.7 Å². The van der Waals surface area contributed by atoms with Crippen LogP contribution in [0.25, 0.3) is 0 Å². The van der Waals surface area contributed by atoms with E-state index >= 15 is 0 Å². The van der Waals surface area contributed by atoms with E-state index in [4.69, 9.17) is 9.47 Å². The quantitative estimate of drug-likeness (QED) is 0.461. The minimum absolute atomic E-state index is 0.168. The second-order valence-corrected chi connectivity index (χ2v) is 6.80. The molecule has 0 heterocycles. The summed E-state index contributed by atoms with van der Waals surface area (Å²) >= 11 is 0. The SMILES string of the molecule is CCCOCC(C(=O)OCCC)c1ccc(C2CCCCC2)cc1. The number of hydrogen-bond acceptors (Lipinski definition) is 3. The number of carbonyl (C=O) groups excluding carboxylic acids is 1. The van der Waals surface area contributed by atoms with E-state index in [2.05, 4.69) is 31.2 Å². The predicted molar refractivity (Wildman–Crippen MR) is 97.4 cm³/mol. The molecular weight excluding hydrogens is 300 g/mol. The number of ether oxygens (including phenoxy) is 2. The topological polar surface area (TPSA) is 35.5 Å². The summed E-state index contributed by atoms with van der Waals surface area (Å²) in [5, 5.41) is 0. The normalized spacial score (nSPS) is 16.8. The third-order valence-corrected chi connectivity index (χ3v) is 4.78. The van der Waals surface area contributed by atoms with Gasteiger partial charge < -0.3 is 9.47 Å². The Morgan fingerprint density at radius 2 is 1.71 bits per heavy atom. The molecule has 3 heteroatoms. The van der Waals surface area contributed by atoms with Crippen molar-refractivity contribution in [3.8, 4) is 0 Å². The van der Waals surface area contributed by atoms with Crippen LogP contribution in [0.2, 0.25) is 0 Å². The highest BCUT2D eigenvalue weighted by molar-refractivity contribution is 5.78. The smallest absolute Gasteiger partial charge is 0.315 e. The molecule has 24 heavy (non-hydrogen) atoms. The monoisotopic (exact) mass is 332 g/mol. The summed E-state index contributed by atoms with van der Waals surface area (Å²) in [6.45, 7) is 5.64. The Balaban J connectivity index is 2.04. The summed E-state index contributed by atoms with van der Waals surface area (Å²) in [7, 11) is 0. The first-order valence-electron chi connectivity index (χ1n) is 9.60. The third kappa shape index (κ3) is 5.62. The van der Waals surface area contributed by atoms with Gasteiger partial charge in [0.25, 0.3) is 0 Å². The lowest BCUT2D eigenvalue weighted by atomic mass is 9.83. The van der Waals surface area contributed by atoms with Crippen molar-refractivity contribution in [2.45, 2.75) is 70.6 Å². The van der Waals surface area contributed by atoms with Crippen LogP contribution >= 0.6 is 0 Å². The maximum atomic E-state index is 12.4. The van der Waals surface area contributed by atoms with Gasteiger partial charge in [0.2, 0.25) is 0 Å². The van der Waals surface area contributed by atoms with Crippen LogP contribution in [0.15, 0.2) is 24.3 Å². The van der Waals surface area contributed by atoms with Crippen LogP contribution < -0.4 is 0 Å². The summed E-state index contributed by atoms with van der Waals surface area (Å²) in [5.41, 5.74) is 2.42. The first-order chi connectivity index (χ1) is 11.8. The molecule has 1 aliphatic carbocycles. The maximum absolute atomic E-state index is 12.4. The summed E-state index contributed by atoms with van der Waals surface area (Å²) in [4.78, 5) is 12.4. The van der Waals surface area contributed by atoms with Crippen molar-refractivity contribution < 1.29 is 14.3 Å². The zero-order valence-electron chi connectivity index (χ0n) is 15.3. The zero-order valence-corrected chi connectivity index (χ0v) is 15.3. The number of rotatable bonds is 9. The van der Waals surface area contributed by atoms with Crippen LogP contribution in [-0.4, -0.2) is 25.8 Å². The molecule has 1 unspecified atom stereocenters. The van der Waals surface area contributed by atoms with Crippen molar-refractivity contribution in [3.63, 3.8) is 0 Å². The van der Waals surface area contributed by atoms with Crippen LogP contribution in [0, 0.1) is 0 Å².